The Morgan fingerprint density at radius 2 is 2.25 bits per heavy atom. The van der Waals surface area contributed by atoms with Crippen LogP contribution in [0.25, 0.3) is 0 Å². The van der Waals surface area contributed by atoms with Crippen LogP contribution < -0.4 is 5.32 Å². The minimum atomic E-state index is -1.06. The van der Waals surface area contributed by atoms with Crippen LogP contribution in [0.2, 0.25) is 0 Å². The smallest absolute Gasteiger partial charge is 0.358 e. The van der Waals surface area contributed by atoms with Crippen molar-refractivity contribution >= 4 is 23.5 Å². The van der Waals surface area contributed by atoms with Crippen molar-refractivity contribution in [1.29, 1.82) is 0 Å². The number of carboxylic acids is 1. The second kappa shape index (κ2) is 6.32. The van der Waals surface area contributed by atoms with Crippen LogP contribution in [0.1, 0.15) is 23.8 Å². The highest BCUT2D eigenvalue weighted by molar-refractivity contribution is 7.99. The third kappa shape index (κ3) is 3.69. The van der Waals surface area contributed by atoms with Crippen molar-refractivity contribution in [3.63, 3.8) is 0 Å². The topological polar surface area (TPSA) is 75.1 Å². The summed E-state index contributed by atoms with van der Waals surface area (Å²) in [5, 5.41) is 12.4. The van der Waals surface area contributed by atoms with Crippen molar-refractivity contribution < 1.29 is 9.90 Å². The van der Waals surface area contributed by atoms with E-state index in [-0.39, 0.29) is 5.69 Å². The van der Waals surface area contributed by atoms with E-state index < -0.39 is 5.97 Å². The van der Waals surface area contributed by atoms with Crippen LogP contribution in [0, 0.1) is 0 Å². The molecule has 0 aliphatic carbocycles. The van der Waals surface area contributed by atoms with Gasteiger partial charge in [-0.25, -0.2) is 14.8 Å². The van der Waals surface area contributed by atoms with Crippen LogP contribution in [0.3, 0.4) is 0 Å². The SMILES string of the molecule is CSC(C)CCNc1nccnc1C(=O)O. The molecule has 0 aliphatic heterocycles. The Labute approximate surface area is 98.7 Å². The maximum absolute atomic E-state index is 10.8. The Morgan fingerprint density at radius 3 is 2.88 bits per heavy atom. The fraction of sp³-hybridized carbons (Fsp3) is 0.500. The van der Waals surface area contributed by atoms with Gasteiger partial charge in [0.2, 0.25) is 0 Å². The van der Waals surface area contributed by atoms with Gasteiger partial charge in [0.25, 0.3) is 0 Å². The molecule has 0 saturated carbocycles. The van der Waals surface area contributed by atoms with Gasteiger partial charge in [0.15, 0.2) is 11.5 Å². The second-order valence-corrected chi connectivity index (χ2v) is 4.60. The number of nitrogens with one attached hydrogen (secondary N) is 1. The molecule has 0 fully saturated rings. The normalized spacial score (nSPS) is 12.1. The Balaban J connectivity index is 2.56. The van der Waals surface area contributed by atoms with Crippen LogP contribution in [0.4, 0.5) is 5.82 Å². The number of hydrogen-bond donors (Lipinski definition) is 2. The van der Waals surface area contributed by atoms with Gasteiger partial charge in [-0.3, -0.25) is 0 Å². The number of carbonyl (C=O) groups is 1. The standard InChI is InChI=1S/C10H15N3O2S/c1-7(16-2)3-4-12-9-8(10(14)15)11-5-6-13-9/h5-7H,3-4H2,1-2H3,(H,12,13)(H,14,15). The molecule has 0 amide bonds. The molecular weight excluding hydrogens is 226 g/mol. The molecule has 1 aromatic rings. The maximum atomic E-state index is 10.8. The molecule has 16 heavy (non-hydrogen) atoms. The number of nitrogens with zero attached hydrogens (tertiary/aromatic N) is 2. The number of rotatable bonds is 6. The number of carboxylic acid groups (broad SMARTS) is 1. The molecule has 5 nitrogen and oxygen atoms in total. The van der Waals surface area contributed by atoms with Crippen LogP contribution in [-0.4, -0.2) is 39.1 Å². The van der Waals surface area contributed by atoms with E-state index in [0.29, 0.717) is 17.6 Å². The van der Waals surface area contributed by atoms with E-state index in [4.69, 9.17) is 5.11 Å². The third-order valence-electron chi connectivity index (χ3n) is 2.15. The summed E-state index contributed by atoms with van der Waals surface area (Å²) in [6.07, 6.45) is 5.86. The first-order valence-electron chi connectivity index (χ1n) is 4.96. The lowest BCUT2D eigenvalue weighted by Gasteiger charge is -2.10. The zero-order chi connectivity index (χ0) is 12.0. The molecule has 0 aliphatic rings. The summed E-state index contributed by atoms with van der Waals surface area (Å²) in [6.45, 7) is 2.82. The quantitative estimate of drug-likeness (QED) is 0.790. The zero-order valence-electron chi connectivity index (χ0n) is 9.30. The van der Waals surface area contributed by atoms with Crippen molar-refractivity contribution in [2.75, 3.05) is 18.1 Å². The van der Waals surface area contributed by atoms with E-state index in [1.165, 1.54) is 12.4 Å². The van der Waals surface area contributed by atoms with Crippen LogP contribution in [0.15, 0.2) is 12.4 Å². The highest BCUT2D eigenvalue weighted by Gasteiger charge is 2.11. The summed E-state index contributed by atoms with van der Waals surface area (Å²) in [7, 11) is 0. The summed E-state index contributed by atoms with van der Waals surface area (Å²) >= 11 is 1.78. The van der Waals surface area contributed by atoms with E-state index in [1.807, 2.05) is 0 Å². The minimum Gasteiger partial charge on any atom is -0.476 e. The lowest BCUT2D eigenvalue weighted by molar-refractivity contribution is 0.0691. The monoisotopic (exact) mass is 241 g/mol. The average molecular weight is 241 g/mol. The van der Waals surface area contributed by atoms with Gasteiger partial charge >= 0.3 is 5.97 Å². The summed E-state index contributed by atoms with van der Waals surface area (Å²) in [4.78, 5) is 18.6. The Morgan fingerprint density at radius 1 is 1.56 bits per heavy atom. The third-order valence-corrected chi connectivity index (χ3v) is 3.19. The largest absolute Gasteiger partial charge is 0.476 e. The molecule has 1 rings (SSSR count). The predicted octanol–water partition coefficient (Wildman–Crippen LogP) is 1.73. The summed E-state index contributed by atoms with van der Waals surface area (Å²) in [5.41, 5.74) is -0.0284. The molecular formula is C10H15N3O2S. The first-order chi connectivity index (χ1) is 7.65. The van der Waals surface area contributed by atoms with Gasteiger partial charge in [-0.15, -0.1) is 0 Å². The molecule has 1 unspecified atom stereocenters. The number of aromatic carboxylic acids is 1. The highest BCUT2D eigenvalue weighted by Crippen LogP contribution is 2.11. The average Bonchev–Trinajstić information content (AvgIpc) is 2.29. The van der Waals surface area contributed by atoms with Gasteiger partial charge < -0.3 is 10.4 Å². The Bertz CT molecular complexity index is 360. The molecule has 0 saturated heterocycles. The lowest BCUT2D eigenvalue weighted by atomic mass is 10.3. The van der Waals surface area contributed by atoms with Crippen molar-refractivity contribution in [2.24, 2.45) is 0 Å². The molecule has 88 valence electrons. The van der Waals surface area contributed by atoms with Crippen molar-refractivity contribution in [1.82, 2.24) is 9.97 Å². The molecule has 1 aromatic heterocycles. The zero-order valence-corrected chi connectivity index (χ0v) is 10.1. The molecule has 0 radical (unpaired) electrons. The molecule has 0 aromatic carbocycles. The van der Waals surface area contributed by atoms with E-state index in [2.05, 4.69) is 28.5 Å². The summed E-state index contributed by atoms with van der Waals surface area (Å²) in [5.74, 6) is -0.725. The van der Waals surface area contributed by atoms with Crippen LogP contribution in [-0.2, 0) is 0 Å². The van der Waals surface area contributed by atoms with Crippen molar-refractivity contribution in [2.45, 2.75) is 18.6 Å². The molecule has 0 spiro atoms. The van der Waals surface area contributed by atoms with E-state index in [9.17, 15) is 4.79 Å². The van der Waals surface area contributed by atoms with Crippen LogP contribution in [0.5, 0.6) is 0 Å². The molecule has 0 bridgehead atoms. The molecule has 1 heterocycles. The van der Waals surface area contributed by atoms with Gasteiger partial charge in [-0.2, -0.15) is 11.8 Å². The number of thioether (sulfide) groups is 1. The van der Waals surface area contributed by atoms with Gasteiger partial charge in [-0.05, 0) is 12.7 Å². The van der Waals surface area contributed by atoms with Gasteiger partial charge in [-0.1, -0.05) is 6.92 Å². The predicted molar refractivity (Wildman–Crippen MR) is 65.1 cm³/mol. The maximum Gasteiger partial charge on any atom is 0.358 e. The number of hydrogen-bond acceptors (Lipinski definition) is 5. The van der Waals surface area contributed by atoms with Crippen LogP contribution >= 0.6 is 11.8 Å². The summed E-state index contributed by atoms with van der Waals surface area (Å²) in [6, 6.07) is 0. The van der Waals surface area contributed by atoms with E-state index in [1.54, 1.807) is 11.8 Å². The summed E-state index contributed by atoms with van der Waals surface area (Å²) < 4.78 is 0. The minimum absolute atomic E-state index is 0.0284. The van der Waals surface area contributed by atoms with Gasteiger partial charge in [0.05, 0.1) is 0 Å². The number of anilines is 1. The number of aromatic nitrogens is 2. The first kappa shape index (κ1) is 12.8. The lowest BCUT2D eigenvalue weighted by Crippen LogP contribution is -2.13. The Hall–Kier alpha value is -1.30. The van der Waals surface area contributed by atoms with Crippen molar-refractivity contribution in [3.05, 3.63) is 18.1 Å². The second-order valence-electron chi connectivity index (χ2n) is 3.32. The highest BCUT2D eigenvalue weighted by atomic mass is 32.2. The van der Waals surface area contributed by atoms with E-state index >= 15 is 0 Å². The van der Waals surface area contributed by atoms with Gasteiger partial charge in [0, 0.05) is 24.2 Å². The molecule has 2 N–H and O–H groups in total. The molecule has 6 heteroatoms. The fourth-order valence-corrected chi connectivity index (χ4v) is 1.49. The van der Waals surface area contributed by atoms with Gasteiger partial charge in [0.1, 0.15) is 0 Å². The fourth-order valence-electron chi connectivity index (χ4n) is 1.14. The first-order valence-corrected chi connectivity index (χ1v) is 6.25. The van der Waals surface area contributed by atoms with Crippen molar-refractivity contribution in [3.8, 4) is 0 Å². The van der Waals surface area contributed by atoms with E-state index in [0.717, 1.165) is 6.42 Å². The Kier molecular flexibility index (Phi) is 5.04. The molecule has 1 atom stereocenters.